The first-order valence-corrected chi connectivity index (χ1v) is 4.84. The molecule has 0 bridgehead atoms. The van der Waals surface area contributed by atoms with E-state index in [1.54, 1.807) is 12.3 Å². The van der Waals surface area contributed by atoms with E-state index in [1.807, 2.05) is 0 Å². The fourth-order valence-electron chi connectivity index (χ4n) is 1.47. The van der Waals surface area contributed by atoms with Crippen molar-refractivity contribution in [3.8, 4) is 5.75 Å². The smallest absolute Gasteiger partial charge is 0.341 e. The molecule has 2 aromatic rings. The zero-order valence-electron chi connectivity index (χ0n) is 8.73. The molecular formula is C10H9ClN2O3. The first kappa shape index (κ1) is 10.8. The summed E-state index contributed by atoms with van der Waals surface area (Å²) in [4.78, 5) is 11.5. The van der Waals surface area contributed by atoms with Gasteiger partial charge in [-0.25, -0.2) is 9.31 Å². The summed E-state index contributed by atoms with van der Waals surface area (Å²) < 4.78 is 11.3. The second-order valence-electron chi connectivity index (χ2n) is 3.07. The molecule has 84 valence electrons. The van der Waals surface area contributed by atoms with E-state index < -0.39 is 5.97 Å². The molecule has 0 amide bonds. The van der Waals surface area contributed by atoms with Crippen molar-refractivity contribution in [2.75, 3.05) is 14.2 Å². The molecule has 0 aliphatic carbocycles. The number of methoxy groups -OCH3 is 2. The van der Waals surface area contributed by atoms with Gasteiger partial charge in [0.1, 0.15) is 16.8 Å². The summed E-state index contributed by atoms with van der Waals surface area (Å²) in [6, 6.07) is 1.62. The summed E-state index contributed by atoms with van der Waals surface area (Å²) in [6.45, 7) is 0. The van der Waals surface area contributed by atoms with Gasteiger partial charge in [0, 0.05) is 12.3 Å². The molecule has 0 saturated carbocycles. The van der Waals surface area contributed by atoms with Crippen LogP contribution in [0.3, 0.4) is 0 Å². The molecule has 0 aliphatic heterocycles. The van der Waals surface area contributed by atoms with Crippen LogP contribution in [0.25, 0.3) is 5.52 Å². The Balaban J connectivity index is 2.74. The summed E-state index contributed by atoms with van der Waals surface area (Å²) in [5, 5.41) is 4.48. The van der Waals surface area contributed by atoms with Crippen LogP contribution in [0, 0.1) is 0 Å². The van der Waals surface area contributed by atoms with E-state index in [0.29, 0.717) is 21.9 Å². The van der Waals surface area contributed by atoms with Crippen molar-refractivity contribution < 1.29 is 14.3 Å². The minimum absolute atomic E-state index is 0.344. The molecule has 0 unspecified atom stereocenters. The van der Waals surface area contributed by atoms with E-state index in [2.05, 4.69) is 9.84 Å². The van der Waals surface area contributed by atoms with Crippen LogP contribution in [-0.2, 0) is 4.74 Å². The van der Waals surface area contributed by atoms with Crippen molar-refractivity contribution in [1.82, 2.24) is 9.61 Å². The van der Waals surface area contributed by atoms with E-state index in [-0.39, 0.29) is 0 Å². The largest absolute Gasteiger partial charge is 0.494 e. The molecule has 0 fully saturated rings. The Morgan fingerprint density at radius 3 is 2.88 bits per heavy atom. The van der Waals surface area contributed by atoms with Gasteiger partial charge in [0.25, 0.3) is 0 Å². The molecule has 0 saturated heterocycles. The number of ether oxygens (including phenoxy) is 2. The summed E-state index contributed by atoms with van der Waals surface area (Å²) in [6.07, 6.45) is 3.01. The third-order valence-electron chi connectivity index (χ3n) is 2.17. The number of nitrogens with zero attached hydrogens (tertiary/aromatic N) is 2. The first-order chi connectivity index (χ1) is 7.67. The van der Waals surface area contributed by atoms with Crippen molar-refractivity contribution in [2.45, 2.75) is 0 Å². The average molecular weight is 241 g/mol. The van der Waals surface area contributed by atoms with E-state index >= 15 is 0 Å². The van der Waals surface area contributed by atoms with Crippen molar-refractivity contribution in [1.29, 1.82) is 0 Å². The zero-order chi connectivity index (χ0) is 11.7. The third-order valence-corrected chi connectivity index (χ3v) is 2.38. The maximum atomic E-state index is 11.5. The van der Waals surface area contributed by atoms with Gasteiger partial charge in [-0.2, -0.15) is 5.10 Å². The first-order valence-electron chi connectivity index (χ1n) is 4.46. The Labute approximate surface area is 96.5 Å². The van der Waals surface area contributed by atoms with Crippen LogP contribution < -0.4 is 4.74 Å². The Morgan fingerprint density at radius 2 is 2.25 bits per heavy atom. The van der Waals surface area contributed by atoms with Crippen molar-refractivity contribution in [3.63, 3.8) is 0 Å². The number of carbonyl (C=O) groups excluding carboxylic acids is 1. The number of hydrogen-bond acceptors (Lipinski definition) is 4. The van der Waals surface area contributed by atoms with Crippen molar-refractivity contribution in [3.05, 3.63) is 29.0 Å². The maximum Gasteiger partial charge on any atom is 0.341 e. The highest BCUT2D eigenvalue weighted by Crippen LogP contribution is 2.27. The lowest BCUT2D eigenvalue weighted by molar-refractivity contribution is 0.0602. The fraction of sp³-hybridized carbons (Fsp3) is 0.200. The fourth-order valence-corrected chi connectivity index (χ4v) is 1.66. The lowest BCUT2D eigenvalue weighted by Crippen LogP contribution is -2.01. The molecule has 2 rings (SSSR count). The summed E-state index contributed by atoms with van der Waals surface area (Å²) >= 11 is 5.87. The average Bonchev–Trinajstić information content (AvgIpc) is 2.70. The van der Waals surface area contributed by atoms with Gasteiger partial charge in [-0.3, -0.25) is 0 Å². The van der Waals surface area contributed by atoms with Crippen LogP contribution in [0.2, 0.25) is 5.02 Å². The third kappa shape index (κ3) is 1.59. The van der Waals surface area contributed by atoms with Gasteiger partial charge < -0.3 is 9.47 Å². The number of esters is 1. The quantitative estimate of drug-likeness (QED) is 0.751. The number of pyridine rings is 1. The summed E-state index contributed by atoms with van der Waals surface area (Å²) in [7, 11) is 2.81. The van der Waals surface area contributed by atoms with Gasteiger partial charge in [-0.1, -0.05) is 11.6 Å². The highest BCUT2D eigenvalue weighted by atomic mass is 35.5. The topological polar surface area (TPSA) is 52.8 Å². The Kier molecular flexibility index (Phi) is 2.70. The van der Waals surface area contributed by atoms with Gasteiger partial charge in [0.2, 0.25) is 0 Å². The van der Waals surface area contributed by atoms with Gasteiger partial charge >= 0.3 is 5.97 Å². The molecule has 0 aliphatic rings. The number of hydrogen-bond donors (Lipinski definition) is 0. The monoisotopic (exact) mass is 240 g/mol. The predicted molar refractivity (Wildman–Crippen MR) is 58.1 cm³/mol. The molecule has 0 atom stereocenters. The van der Waals surface area contributed by atoms with E-state index in [0.717, 1.165) is 0 Å². The molecule has 0 radical (unpaired) electrons. The summed E-state index contributed by atoms with van der Waals surface area (Å²) in [5.74, 6) is 0.0148. The van der Waals surface area contributed by atoms with Gasteiger partial charge in [0.05, 0.1) is 25.4 Å². The second kappa shape index (κ2) is 4.02. The van der Waals surface area contributed by atoms with Gasteiger partial charge in [-0.15, -0.1) is 0 Å². The Hall–Kier alpha value is -1.75. The van der Waals surface area contributed by atoms with Crippen LogP contribution in [0.5, 0.6) is 5.75 Å². The molecule has 0 spiro atoms. The molecule has 2 aromatic heterocycles. The van der Waals surface area contributed by atoms with Gasteiger partial charge in [-0.05, 0) is 0 Å². The maximum absolute atomic E-state index is 11.5. The Morgan fingerprint density at radius 1 is 1.50 bits per heavy atom. The van der Waals surface area contributed by atoms with Crippen LogP contribution in [0.15, 0.2) is 18.5 Å². The van der Waals surface area contributed by atoms with E-state index in [4.69, 9.17) is 16.3 Å². The molecule has 2 heterocycles. The Bertz CT molecular complexity index is 550. The highest BCUT2D eigenvalue weighted by Gasteiger charge is 2.17. The number of carbonyl (C=O) groups is 1. The number of rotatable bonds is 2. The van der Waals surface area contributed by atoms with Crippen LogP contribution in [0.4, 0.5) is 0 Å². The number of fused-ring (bicyclic) bond motifs is 1. The van der Waals surface area contributed by atoms with E-state index in [9.17, 15) is 4.79 Å². The predicted octanol–water partition coefficient (Wildman–Crippen LogP) is 1.78. The lowest BCUT2D eigenvalue weighted by Gasteiger charge is -2.04. The van der Waals surface area contributed by atoms with Gasteiger partial charge in [0.15, 0.2) is 0 Å². The lowest BCUT2D eigenvalue weighted by atomic mass is 10.2. The zero-order valence-corrected chi connectivity index (χ0v) is 9.49. The van der Waals surface area contributed by atoms with Crippen LogP contribution in [0.1, 0.15) is 10.4 Å². The molecule has 16 heavy (non-hydrogen) atoms. The molecular weight excluding hydrogens is 232 g/mol. The summed E-state index contributed by atoms with van der Waals surface area (Å²) in [5.41, 5.74) is 0.884. The van der Waals surface area contributed by atoms with Crippen LogP contribution >= 0.6 is 11.6 Å². The standard InChI is InChI=1S/C10H9ClN2O3/c1-15-8-3-6(11)5-13-9(8)7(4-12-13)10(14)16-2/h3-5H,1-2H3. The van der Waals surface area contributed by atoms with Crippen molar-refractivity contribution >= 4 is 23.1 Å². The molecule has 5 nitrogen and oxygen atoms in total. The number of aromatic nitrogens is 2. The number of halogens is 1. The normalized spacial score (nSPS) is 10.4. The minimum atomic E-state index is -0.462. The second-order valence-corrected chi connectivity index (χ2v) is 3.51. The van der Waals surface area contributed by atoms with Crippen LogP contribution in [-0.4, -0.2) is 29.8 Å². The minimum Gasteiger partial charge on any atom is -0.494 e. The SMILES string of the molecule is COC(=O)c1cnn2cc(Cl)cc(OC)c12. The molecule has 6 heteroatoms. The van der Waals surface area contributed by atoms with Crippen molar-refractivity contribution in [2.24, 2.45) is 0 Å². The molecule has 0 aromatic carbocycles. The van der Waals surface area contributed by atoms with E-state index in [1.165, 1.54) is 24.9 Å². The highest BCUT2D eigenvalue weighted by molar-refractivity contribution is 6.30. The molecule has 0 N–H and O–H groups in total.